The Labute approximate surface area is 152 Å². The maximum atomic E-state index is 12.2. The minimum atomic E-state index is -0.742. The number of thiol groups is 1. The molecule has 0 spiro atoms. The molecular formula is C20H32O3S. The van der Waals surface area contributed by atoms with Crippen LogP contribution < -0.4 is 0 Å². The number of hydrogen-bond donors (Lipinski definition) is 2. The molecule has 3 nitrogen and oxygen atoms in total. The van der Waals surface area contributed by atoms with E-state index >= 15 is 0 Å². The van der Waals surface area contributed by atoms with E-state index in [0.717, 1.165) is 25.7 Å². The summed E-state index contributed by atoms with van der Waals surface area (Å²) in [5.41, 5.74) is 0. The molecular weight excluding hydrogens is 320 g/mol. The lowest BCUT2D eigenvalue weighted by molar-refractivity contribution is -0.137. The van der Waals surface area contributed by atoms with Gasteiger partial charge in [-0.15, -0.1) is 0 Å². The zero-order valence-corrected chi connectivity index (χ0v) is 15.7. The quantitative estimate of drug-likeness (QED) is 0.288. The zero-order valence-electron chi connectivity index (χ0n) is 14.8. The Morgan fingerprint density at radius 3 is 2.71 bits per heavy atom. The Hall–Kier alpha value is -1.03. The molecule has 1 aliphatic carbocycles. The highest BCUT2D eigenvalue weighted by atomic mass is 32.1. The molecule has 0 radical (unpaired) electrons. The van der Waals surface area contributed by atoms with Gasteiger partial charge in [0.15, 0.2) is 0 Å². The van der Waals surface area contributed by atoms with Gasteiger partial charge in [0.1, 0.15) is 5.78 Å². The zero-order chi connectivity index (χ0) is 17.8. The van der Waals surface area contributed by atoms with Crippen LogP contribution in [0.1, 0.15) is 71.1 Å². The molecule has 0 saturated heterocycles. The van der Waals surface area contributed by atoms with Crippen LogP contribution in [-0.4, -0.2) is 22.1 Å². The molecule has 1 N–H and O–H groups in total. The van der Waals surface area contributed by atoms with Crippen molar-refractivity contribution in [3.05, 3.63) is 24.3 Å². The van der Waals surface area contributed by atoms with Gasteiger partial charge in [-0.05, 0) is 44.4 Å². The molecule has 1 saturated carbocycles. The number of carbonyl (C=O) groups excluding carboxylic acids is 1. The smallest absolute Gasteiger partial charge is 0.303 e. The van der Waals surface area contributed by atoms with Crippen molar-refractivity contribution in [2.45, 2.75) is 76.4 Å². The van der Waals surface area contributed by atoms with E-state index in [1.54, 1.807) is 0 Å². The van der Waals surface area contributed by atoms with E-state index < -0.39 is 5.97 Å². The molecule has 0 aromatic carbocycles. The highest BCUT2D eigenvalue weighted by Crippen LogP contribution is 2.36. The highest BCUT2D eigenvalue weighted by molar-refractivity contribution is 7.81. The Kier molecular flexibility index (Phi) is 10.8. The molecule has 24 heavy (non-hydrogen) atoms. The minimum Gasteiger partial charge on any atom is -0.481 e. The average Bonchev–Trinajstić information content (AvgIpc) is 2.91. The van der Waals surface area contributed by atoms with E-state index in [1.165, 1.54) is 19.3 Å². The number of allylic oxidation sites excluding steroid dienone is 3. The van der Waals surface area contributed by atoms with Crippen LogP contribution in [0.4, 0.5) is 0 Å². The number of Topliss-reactive ketones (excluding diaryl/α,β-unsaturated/α-hetero) is 1. The van der Waals surface area contributed by atoms with Crippen LogP contribution in [0.2, 0.25) is 0 Å². The van der Waals surface area contributed by atoms with Crippen molar-refractivity contribution >= 4 is 24.4 Å². The van der Waals surface area contributed by atoms with Crippen LogP contribution in [0.3, 0.4) is 0 Å². The molecule has 1 rings (SSSR count). The number of ketones is 1. The predicted octanol–water partition coefficient (Wildman–Crippen LogP) is 5.22. The summed E-state index contributed by atoms with van der Waals surface area (Å²) >= 11 is 4.67. The first-order chi connectivity index (χ1) is 11.6. The van der Waals surface area contributed by atoms with Gasteiger partial charge in [0.25, 0.3) is 0 Å². The number of unbranched alkanes of at least 4 members (excludes halogenated alkanes) is 4. The lowest BCUT2D eigenvalue weighted by atomic mass is 9.88. The third kappa shape index (κ3) is 8.18. The molecule has 0 heterocycles. The van der Waals surface area contributed by atoms with Crippen LogP contribution >= 0.6 is 12.6 Å². The first kappa shape index (κ1) is 21.0. The van der Waals surface area contributed by atoms with Crippen LogP contribution in [0.5, 0.6) is 0 Å². The monoisotopic (exact) mass is 352 g/mol. The standard InChI is InChI=1S/C20H32O3S/c1-2-3-4-5-9-12-18(24)20-16(14-15-17(20)21)11-8-6-7-10-13-19(22)23/h6,8-9,12,16,18,20,24H,2-5,7,10-11,13-15H2,1H3,(H,22,23)/b8-6-,12-9-/t16-,18-,20-/m0/s1. The lowest BCUT2D eigenvalue weighted by Gasteiger charge is -2.20. The van der Waals surface area contributed by atoms with Crippen molar-refractivity contribution in [3.8, 4) is 0 Å². The van der Waals surface area contributed by atoms with Crippen LogP contribution in [0.25, 0.3) is 0 Å². The summed E-state index contributed by atoms with van der Waals surface area (Å²) in [6.45, 7) is 2.20. The molecule has 0 aliphatic heterocycles. The van der Waals surface area contributed by atoms with Gasteiger partial charge in [-0.1, -0.05) is 44.1 Å². The van der Waals surface area contributed by atoms with E-state index in [4.69, 9.17) is 5.11 Å². The summed E-state index contributed by atoms with van der Waals surface area (Å²) in [5.74, 6) is 0.00132. The summed E-state index contributed by atoms with van der Waals surface area (Å²) in [6.07, 6.45) is 17.4. The molecule has 0 aromatic rings. The second kappa shape index (κ2) is 12.3. The topological polar surface area (TPSA) is 54.4 Å². The SMILES string of the molecule is CCCCC/C=C\[C@H](S)[C@@H]1C(=O)CC[C@@H]1C/C=C\CCCC(=O)O. The fourth-order valence-electron chi connectivity index (χ4n) is 3.30. The van der Waals surface area contributed by atoms with E-state index in [0.29, 0.717) is 24.5 Å². The first-order valence-electron chi connectivity index (χ1n) is 9.30. The van der Waals surface area contributed by atoms with E-state index in [2.05, 4.69) is 43.9 Å². The summed E-state index contributed by atoms with van der Waals surface area (Å²) in [7, 11) is 0. The summed E-state index contributed by atoms with van der Waals surface area (Å²) in [5, 5.41) is 8.63. The Bertz CT molecular complexity index is 442. The number of rotatable bonds is 12. The number of hydrogen-bond acceptors (Lipinski definition) is 3. The molecule has 136 valence electrons. The van der Waals surface area contributed by atoms with Crippen molar-refractivity contribution in [3.63, 3.8) is 0 Å². The Morgan fingerprint density at radius 1 is 1.25 bits per heavy atom. The molecule has 1 fully saturated rings. The second-order valence-electron chi connectivity index (χ2n) is 6.70. The Morgan fingerprint density at radius 2 is 2.00 bits per heavy atom. The van der Waals surface area contributed by atoms with Crippen molar-refractivity contribution in [2.75, 3.05) is 0 Å². The fourth-order valence-corrected chi connectivity index (χ4v) is 3.83. The minimum absolute atomic E-state index is 0.0204. The third-order valence-electron chi connectivity index (χ3n) is 4.68. The van der Waals surface area contributed by atoms with Gasteiger partial charge in [0.05, 0.1) is 0 Å². The van der Waals surface area contributed by atoms with Crippen LogP contribution in [-0.2, 0) is 9.59 Å². The number of carboxylic acids is 1. The van der Waals surface area contributed by atoms with Crippen molar-refractivity contribution in [2.24, 2.45) is 11.8 Å². The third-order valence-corrected chi connectivity index (χ3v) is 5.18. The van der Waals surface area contributed by atoms with Gasteiger partial charge in [-0.2, -0.15) is 12.6 Å². The molecule has 3 atom stereocenters. The van der Waals surface area contributed by atoms with Crippen molar-refractivity contribution in [1.82, 2.24) is 0 Å². The number of carboxylic acid groups (broad SMARTS) is 1. The number of carbonyl (C=O) groups is 2. The predicted molar refractivity (Wildman–Crippen MR) is 103 cm³/mol. The normalized spacial score (nSPS) is 22.7. The van der Waals surface area contributed by atoms with Crippen molar-refractivity contribution in [1.29, 1.82) is 0 Å². The van der Waals surface area contributed by atoms with Crippen LogP contribution in [0.15, 0.2) is 24.3 Å². The maximum Gasteiger partial charge on any atom is 0.303 e. The largest absolute Gasteiger partial charge is 0.481 e. The van der Waals surface area contributed by atoms with Gasteiger partial charge in [-0.25, -0.2) is 0 Å². The molecule has 4 heteroatoms. The van der Waals surface area contributed by atoms with Gasteiger partial charge in [0.2, 0.25) is 0 Å². The number of aliphatic carboxylic acids is 1. The van der Waals surface area contributed by atoms with Gasteiger partial charge in [-0.3, -0.25) is 9.59 Å². The molecule has 0 amide bonds. The van der Waals surface area contributed by atoms with E-state index in [9.17, 15) is 9.59 Å². The summed E-state index contributed by atoms with van der Waals surface area (Å²) in [4.78, 5) is 22.7. The lowest BCUT2D eigenvalue weighted by Crippen LogP contribution is -2.23. The summed E-state index contributed by atoms with van der Waals surface area (Å²) < 4.78 is 0. The highest BCUT2D eigenvalue weighted by Gasteiger charge is 2.36. The Balaban J connectivity index is 2.39. The maximum absolute atomic E-state index is 12.2. The van der Waals surface area contributed by atoms with Gasteiger partial charge < -0.3 is 5.11 Å². The second-order valence-corrected chi connectivity index (χ2v) is 7.29. The summed E-state index contributed by atoms with van der Waals surface area (Å²) in [6, 6.07) is 0. The fraction of sp³-hybridized carbons (Fsp3) is 0.700. The first-order valence-corrected chi connectivity index (χ1v) is 9.82. The van der Waals surface area contributed by atoms with E-state index in [1.807, 2.05) is 0 Å². The molecule has 0 unspecified atom stereocenters. The molecule has 0 bridgehead atoms. The van der Waals surface area contributed by atoms with E-state index in [-0.39, 0.29) is 17.6 Å². The van der Waals surface area contributed by atoms with Crippen molar-refractivity contribution < 1.29 is 14.7 Å². The van der Waals surface area contributed by atoms with Gasteiger partial charge in [0, 0.05) is 24.0 Å². The van der Waals surface area contributed by atoms with Gasteiger partial charge >= 0.3 is 5.97 Å². The van der Waals surface area contributed by atoms with Crippen LogP contribution in [0, 0.1) is 11.8 Å². The molecule has 0 aromatic heterocycles. The molecule has 1 aliphatic rings. The average molecular weight is 353 g/mol.